The highest BCUT2D eigenvalue weighted by atomic mass is 35.5. The van der Waals surface area contributed by atoms with Gasteiger partial charge >= 0.3 is 0 Å². The van der Waals surface area contributed by atoms with Crippen molar-refractivity contribution in [2.75, 3.05) is 0 Å². The maximum Gasteiger partial charge on any atom is 0.0841 e. The van der Waals surface area contributed by atoms with Crippen molar-refractivity contribution < 1.29 is 5.11 Å². The van der Waals surface area contributed by atoms with Crippen LogP contribution >= 0.6 is 23.2 Å². The molecule has 0 aromatic heterocycles. The third kappa shape index (κ3) is 2.87. The topological polar surface area (TPSA) is 20.2 Å². The summed E-state index contributed by atoms with van der Waals surface area (Å²) in [6.45, 7) is 6.11. The fourth-order valence-corrected chi connectivity index (χ4v) is 1.63. The van der Waals surface area contributed by atoms with E-state index in [4.69, 9.17) is 23.2 Å². The predicted molar refractivity (Wildman–Crippen MR) is 65.5 cm³/mol. The van der Waals surface area contributed by atoms with Gasteiger partial charge in [-0.2, -0.15) is 0 Å². The van der Waals surface area contributed by atoms with Crippen LogP contribution in [0, 0.1) is 5.41 Å². The van der Waals surface area contributed by atoms with Gasteiger partial charge < -0.3 is 5.11 Å². The summed E-state index contributed by atoms with van der Waals surface area (Å²) in [5, 5.41) is 11.2. The van der Waals surface area contributed by atoms with E-state index >= 15 is 0 Å². The first-order valence-electron chi connectivity index (χ1n) is 5.01. The molecule has 0 bridgehead atoms. The first-order valence-corrected chi connectivity index (χ1v) is 5.77. The molecule has 0 radical (unpaired) electrons. The van der Waals surface area contributed by atoms with Crippen molar-refractivity contribution in [1.29, 1.82) is 0 Å². The largest absolute Gasteiger partial charge is 0.388 e. The Bertz CT molecular complexity index is 347. The first-order chi connectivity index (χ1) is 6.88. The van der Waals surface area contributed by atoms with E-state index in [1.54, 1.807) is 12.1 Å². The SMILES string of the molecule is CCC(C)(C)C(O)c1ccc(Cl)c(Cl)c1. The quantitative estimate of drug-likeness (QED) is 0.835. The standard InChI is InChI=1S/C12H16Cl2O/c1-4-12(2,3)11(15)8-5-6-9(13)10(14)7-8/h5-7,11,15H,4H2,1-3H3. The van der Waals surface area contributed by atoms with E-state index < -0.39 is 6.10 Å². The van der Waals surface area contributed by atoms with Gasteiger partial charge in [-0.1, -0.05) is 50.0 Å². The van der Waals surface area contributed by atoms with Gasteiger partial charge in [-0.25, -0.2) is 0 Å². The van der Waals surface area contributed by atoms with Crippen molar-refractivity contribution in [1.82, 2.24) is 0 Å². The number of hydrogen-bond donors (Lipinski definition) is 1. The number of aliphatic hydroxyl groups excluding tert-OH is 1. The number of aliphatic hydroxyl groups is 1. The Hall–Kier alpha value is -0.240. The molecule has 3 heteroatoms. The highest BCUT2D eigenvalue weighted by molar-refractivity contribution is 6.42. The van der Waals surface area contributed by atoms with Crippen molar-refractivity contribution in [2.24, 2.45) is 5.41 Å². The lowest BCUT2D eigenvalue weighted by molar-refractivity contribution is 0.0466. The summed E-state index contributed by atoms with van der Waals surface area (Å²) in [6, 6.07) is 5.26. The fourth-order valence-electron chi connectivity index (χ4n) is 1.33. The highest BCUT2D eigenvalue weighted by Gasteiger charge is 2.27. The molecule has 1 unspecified atom stereocenters. The van der Waals surface area contributed by atoms with Crippen LogP contribution in [0.2, 0.25) is 10.0 Å². The molecule has 0 heterocycles. The lowest BCUT2D eigenvalue weighted by atomic mass is 9.80. The summed E-state index contributed by atoms with van der Waals surface area (Å²) in [5.41, 5.74) is 0.660. The summed E-state index contributed by atoms with van der Waals surface area (Å²) < 4.78 is 0. The lowest BCUT2D eigenvalue weighted by Crippen LogP contribution is -2.20. The van der Waals surface area contributed by atoms with Crippen LogP contribution in [0.15, 0.2) is 18.2 Å². The molecule has 1 atom stereocenters. The van der Waals surface area contributed by atoms with Crippen molar-refractivity contribution in [3.8, 4) is 0 Å². The van der Waals surface area contributed by atoms with Gasteiger partial charge in [0.2, 0.25) is 0 Å². The molecule has 1 rings (SSSR count). The molecule has 0 saturated carbocycles. The Labute approximate surface area is 101 Å². The molecule has 0 saturated heterocycles. The van der Waals surface area contributed by atoms with Crippen LogP contribution in [-0.4, -0.2) is 5.11 Å². The summed E-state index contributed by atoms with van der Waals surface area (Å²) in [4.78, 5) is 0. The van der Waals surface area contributed by atoms with E-state index in [9.17, 15) is 5.11 Å². The van der Waals surface area contributed by atoms with E-state index in [2.05, 4.69) is 6.92 Å². The van der Waals surface area contributed by atoms with E-state index in [0.29, 0.717) is 10.0 Å². The van der Waals surface area contributed by atoms with Crippen molar-refractivity contribution in [3.63, 3.8) is 0 Å². The molecular formula is C12H16Cl2O. The van der Waals surface area contributed by atoms with Crippen molar-refractivity contribution in [3.05, 3.63) is 33.8 Å². The summed E-state index contributed by atoms with van der Waals surface area (Å²) >= 11 is 11.7. The van der Waals surface area contributed by atoms with Gasteiger partial charge in [0.15, 0.2) is 0 Å². The van der Waals surface area contributed by atoms with Crippen LogP contribution in [0.4, 0.5) is 0 Å². The molecule has 0 amide bonds. The van der Waals surface area contributed by atoms with E-state index in [1.807, 2.05) is 19.9 Å². The van der Waals surface area contributed by atoms with Gasteiger partial charge in [0.25, 0.3) is 0 Å². The van der Waals surface area contributed by atoms with Gasteiger partial charge in [-0.05, 0) is 29.5 Å². The minimum absolute atomic E-state index is 0.156. The fraction of sp³-hybridized carbons (Fsp3) is 0.500. The number of hydrogen-bond acceptors (Lipinski definition) is 1. The Morgan fingerprint density at radius 1 is 1.27 bits per heavy atom. The average Bonchev–Trinajstić information content (AvgIpc) is 2.21. The van der Waals surface area contributed by atoms with Gasteiger partial charge in [-0.3, -0.25) is 0 Å². The smallest absolute Gasteiger partial charge is 0.0841 e. The highest BCUT2D eigenvalue weighted by Crippen LogP contribution is 2.37. The van der Waals surface area contributed by atoms with Gasteiger partial charge in [-0.15, -0.1) is 0 Å². The maximum absolute atomic E-state index is 10.2. The maximum atomic E-state index is 10.2. The summed E-state index contributed by atoms with van der Waals surface area (Å²) in [7, 11) is 0. The third-order valence-electron chi connectivity index (χ3n) is 2.91. The third-order valence-corrected chi connectivity index (χ3v) is 3.65. The lowest BCUT2D eigenvalue weighted by Gasteiger charge is -2.29. The van der Waals surface area contributed by atoms with Crippen LogP contribution in [0.3, 0.4) is 0 Å². The van der Waals surface area contributed by atoms with E-state index in [1.165, 1.54) is 0 Å². The molecule has 0 aliphatic rings. The Balaban J connectivity index is 3.02. The molecule has 0 aliphatic carbocycles. The van der Waals surface area contributed by atoms with Gasteiger partial charge in [0.1, 0.15) is 0 Å². The second kappa shape index (κ2) is 4.73. The normalized spacial score (nSPS) is 14.0. The molecule has 0 fully saturated rings. The van der Waals surface area contributed by atoms with Gasteiger partial charge in [0, 0.05) is 0 Å². The Morgan fingerprint density at radius 3 is 2.33 bits per heavy atom. The van der Waals surface area contributed by atoms with Crippen molar-refractivity contribution in [2.45, 2.75) is 33.3 Å². The molecule has 1 nitrogen and oxygen atoms in total. The first kappa shape index (κ1) is 12.8. The number of halogens is 2. The molecule has 1 aromatic carbocycles. The molecule has 84 valence electrons. The second-order valence-electron chi connectivity index (χ2n) is 4.42. The van der Waals surface area contributed by atoms with Gasteiger partial charge in [0.05, 0.1) is 16.1 Å². The zero-order valence-electron chi connectivity index (χ0n) is 9.22. The molecule has 0 aliphatic heterocycles. The predicted octanol–water partition coefficient (Wildman–Crippen LogP) is 4.46. The Morgan fingerprint density at radius 2 is 1.87 bits per heavy atom. The summed E-state index contributed by atoms with van der Waals surface area (Å²) in [6.07, 6.45) is 0.381. The van der Waals surface area contributed by atoms with Crippen LogP contribution in [0.5, 0.6) is 0 Å². The van der Waals surface area contributed by atoms with Crippen LogP contribution in [-0.2, 0) is 0 Å². The monoisotopic (exact) mass is 246 g/mol. The molecule has 0 spiro atoms. The molecule has 1 N–H and O–H groups in total. The molecule has 1 aromatic rings. The minimum atomic E-state index is -0.516. The van der Waals surface area contributed by atoms with Crippen LogP contribution in [0.1, 0.15) is 38.9 Å². The van der Waals surface area contributed by atoms with Crippen LogP contribution in [0.25, 0.3) is 0 Å². The second-order valence-corrected chi connectivity index (χ2v) is 5.23. The zero-order valence-corrected chi connectivity index (χ0v) is 10.7. The van der Waals surface area contributed by atoms with E-state index in [0.717, 1.165) is 12.0 Å². The molecular weight excluding hydrogens is 231 g/mol. The molecule has 15 heavy (non-hydrogen) atoms. The Kier molecular flexibility index (Phi) is 4.05. The number of benzene rings is 1. The summed E-state index contributed by atoms with van der Waals surface area (Å²) in [5.74, 6) is 0. The van der Waals surface area contributed by atoms with Crippen molar-refractivity contribution >= 4 is 23.2 Å². The van der Waals surface area contributed by atoms with Crippen LogP contribution < -0.4 is 0 Å². The number of rotatable bonds is 3. The van der Waals surface area contributed by atoms with E-state index in [-0.39, 0.29) is 5.41 Å². The zero-order chi connectivity index (χ0) is 11.6. The minimum Gasteiger partial charge on any atom is -0.388 e. The average molecular weight is 247 g/mol.